The molecular formula is C21H12BBr2ClFNO. The highest BCUT2D eigenvalue weighted by Crippen LogP contribution is 2.37. The molecule has 0 saturated carbocycles. The molecule has 0 aliphatic heterocycles. The van der Waals surface area contributed by atoms with E-state index in [0.717, 1.165) is 19.8 Å². The van der Waals surface area contributed by atoms with Crippen LogP contribution in [0, 0.1) is 5.82 Å². The summed E-state index contributed by atoms with van der Waals surface area (Å²) >= 11 is 13.3. The van der Waals surface area contributed by atoms with E-state index in [4.69, 9.17) is 16.3 Å². The highest BCUT2D eigenvalue weighted by molar-refractivity contribution is 9.11. The molecule has 0 N–H and O–H groups in total. The number of hydrogen-bond acceptors (Lipinski definition) is 2. The maximum absolute atomic E-state index is 13.9. The lowest BCUT2D eigenvalue weighted by molar-refractivity contribution is 0.591. The number of benzene rings is 3. The fraction of sp³-hybridized carbons (Fsp3) is 0. The number of rotatable bonds is 4. The zero-order chi connectivity index (χ0) is 19.7. The van der Waals surface area contributed by atoms with Crippen LogP contribution >= 0.6 is 43.5 Å². The highest BCUT2D eigenvalue weighted by atomic mass is 79.9. The summed E-state index contributed by atoms with van der Waals surface area (Å²) in [5.41, 5.74) is 2.20. The van der Waals surface area contributed by atoms with Crippen molar-refractivity contribution in [1.29, 1.82) is 0 Å². The second kappa shape index (κ2) is 8.23. The molecule has 2 nitrogen and oxygen atoms in total. The van der Waals surface area contributed by atoms with Crippen molar-refractivity contribution in [2.75, 3.05) is 0 Å². The molecule has 138 valence electrons. The minimum Gasteiger partial charge on any atom is -0.549 e. The summed E-state index contributed by atoms with van der Waals surface area (Å²) in [7, 11) is 0. The van der Waals surface area contributed by atoms with E-state index in [-0.39, 0.29) is 5.82 Å². The lowest BCUT2D eigenvalue weighted by atomic mass is 9.55. The SMILES string of the molecule is Fc1cccc(B(Oc2c(Br)cc(Br)c3cccnc23)c2cccc(Cl)c2)c1. The first-order valence-electron chi connectivity index (χ1n) is 8.43. The largest absolute Gasteiger partial charge is 0.549 e. The Bertz CT molecular complexity index is 1130. The summed E-state index contributed by atoms with van der Waals surface area (Å²) < 4.78 is 22.0. The van der Waals surface area contributed by atoms with Crippen LogP contribution in [0.5, 0.6) is 5.75 Å². The quantitative estimate of drug-likeness (QED) is 0.321. The number of aromatic nitrogens is 1. The number of pyridine rings is 1. The van der Waals surface area contributed by atoms with Gasteiger partial charge in [0.15, 0.2) is 0 Å². The van der Waals surface area contributed by atoms with Gasteiger partial charge in [-0.05, 0) is 63.3 Å². The van der Waals surface area contributed by atoms with Crippen LogP contribution < -0.4 is 15.6 Å². The maximum Gasteiger partial charge on any atom is 0.426 e. The first kappa shape index (κ1) is 19.4. The molecule has 0 spiro atoms. The Balaban J connectivity index is 1.89. The van der Waals surface area contributed by atoms with Gasteiger partial charge in [-0.2, -0.15) is 0 Å². The first-order chi connectivity index (χ1) is 13.5. The Morgan fingerprint density at radius 1 is 0.893 bits per heavy atom. The minimum absolute atomic E-state index is 0.328. The third kappa shape index (κ3) is 3.95. The van der Waals surface area contributed by atoms with Gasteiger partial charge in [0.25, 0.3) is 0 Å². The fourth-order valence-electron chi connectivity index (χ4n) is 3.04. The molecule has 7 heteroatoms. The fourth-order valence-corrected chi connectivity index (χ4v) is 4.61. The van der Waals surface area contributed by atoms with Gasteiger partial charge in [0.1, 0.15) is 17.1 Å². The molecule has 0 aliphatic rings. The molecule has 0 radical (unpaired) electrons. The highest BCUT2D eigenvalue weighted by Gasteiger charge is 2.27. The molecule has 28 heavy (non-hydrogen) atoms. The molecule has 4 rings (SSSR count). The van der Waals surface area contributed by atoms with Crippen molar-refractivity contribution in [1.82, 2.24) is 4.98 Å². The summed E-state index contributed by atoms with van der Waals surface area (Å²) in [6.07, 6.45) is 1.71. The van der Waals surface area contributed by atoms with Gasteiger partial charge >= 0.3 is 6.92 Å². The zero-order valence-corrected chi connectivity index (χ0v) is 18.3. The summed E-state index contributed by atoms with van der Waals surface area (Å²) in [6, 6.07) is 19.5. The molecule has 0 saturated heterocycles. The second-order valence-electron chi connectivity index (χ2n) is 6.18. The average molecular weight is 519 g/mol. The van der Waals surface area contributed by atoms with Gasteiger partial charge in [-0.15, -0.1) is 0 Å². The van der Waals surface area contributed by atoms with Crippen LogP contribution in [0.15, 0.2) is 81.9 Å². The van der Waals surface area contributed by atoms with Crippen LogP contribution in [0.4, 0.5) is 4.39 Å². The molecule has 1 heterocycles. The molecule has 0 atom stereocenters. The van der Waals surface area contributed by atoms with E-state index < -0.39 is 6.92 Å². The number of fused-ring (bicyclic) bond motifs is 1. The molecule has 0 aliphatic carbocycles. The van der Waals surface area contributed by atoms with Crippen molar-refractivity contribution < 1.29 is 9.04 Å². The van der Waals surface area contributed by atoms with Gasteiger partial charge < -0.3 is 4.65 Å². The van der Waals surface area contributed by atoms with Gasteiger partial charge in [0.05, 0.1) is 4.47 Å². The number of nitrogens with zero attached hydrogens (tertiary/aromatic N) is 1. The monoisotopic (exact) mass is 517 g/mol. The molecular weight excluding hydrogens is 507 g/mol. The molecule has 4 aromatic rings. The predicted molar refractivity (Wildman–Crippen MR) is 121 cm³/mol. The predicted octanol–water partition coefficient (Wildman–Crippen LogP) is 5.74. The second-order valence-corrected chi connectivity index (χ2v) is 8.32. The average Bonchev–Trinajstić information content (AvgIpc) is 2.68. The van der Waals surface area contributed by atoms with Gasteiger partial charge in [0, 0.05) is 21.1 Å². The van der Waals surface area contributed by atoms with E-state index in [2.05, 4.69) is 36.8 Å². The molecule has 0 unspecified atom stereocenters. The van der Waals surface area contributed by atoms with Crippen molar-refractivity contribution in [2.45, 2.75) is 0 Å². The van der Waals surface area contributed by atoms with Crippen molar-refractivity contribution >= 4 is 72.2 Å². The van der Waals surface area contributed by atoms with Crippen molar-refractivity contribution in [3.8, 4) is 5.75 Å². The van der Waals surface area contributed by atoms with Crippen LogP contribution in [0.3, 0.4) is 0 Å². The zero-order valence-electron chi connectivity index (χ0n) is 14.4. The lowest BCUT2D eigenvalue weighted by Gasteiger charge is -2.19. The van der Waals surface area contributed by atoms with Crippen molar-refractivity contribution in [3.63, 3.8) is 0 Å². The van der Waals surface area contributed by atoms with Gasteiger partial charge in [0.2, 0.25) is 0 Å². The Morgan fingerprint density at radius 3 is 2.39 bits per heavy atom. The molecule has 1 aromatic heterocycles. The van der Waals surface area contributed by atoms with Crippen LogP contribution in [-0.2, 0) is 0 Å². The topological polar surface area (TPSA) is 22.1 Å². The number of halogens is 4. The van der Waals surface area contributed by atoms with Crippen LogP contribution in [0.25, 0.3) is 10.9 Å². The lowest BCUT2D eigenvalue weighted by Crippen LogP contribution is -2.47. The van der Waals surface area contributed by atoms with E-state index in [0.29, 0.717) is 21.8 Å². The molecule has 0 bridgehead atoms. The normalized spacial score (nSPS) is 10.9. The smallest absolute Gasteiger partial charge is 0.426 e. The summed E-state index contributed by atoms with van der Waals surface area (Å²) in [4.78, 5) is 4.49. The van der Waals surface area contributed by atoms with E-state index in [1.165, 1.54) is 12.1 Å². The third-order valence-corrected chi connectivity index (χ3v) is 5.77. The molecule has 0 amide bonds. The third-order valence-electron chi connectivity index (χ3n) is 4.29. The van der Waals surface area contributed by atoms with Gasteiger partial charge in [-0.25, -0.2) is 4.39 Å². The molecule has 3 aromatic carbocycles. The summed E-state index contributed by atoms with van der Waals surface area (Å²) in [5.74, 6) is 0.249. The first-order valence-corrected chi connectivity index (χ1v) is 10.4. The van der Waals surface area contributed by atoms with Crippen molar-refractivity contribution in [3.05, 3.63) is 92.7 Å². The Labute approximate surface area is 184 Å². The van der Waals surface area contributed by atoms with E-state index in [1.807, 2.05) is 42.5 Å². The van der Waals surface area contributed by atoms with Crippen LogP contribution in [-0.4, -0.2) is 11.9 Å². The van der Waals surface area contributed by atoms with Gasteiger partial charge in [-0.3, -0.25) is 4.98 Å². The Kier molecular flexibility index (Phi) is 5.71. The summed E-state index contributed by atoms with van der Waals surface area (Å²) in [5, 5.41) is 1.50. The standard InChI is InChI=1S/C21H12BBr2ClFNO/c23-18-12-19(24)21(20-17(18)8-3-9-27-20)28-22(13-4-1-6-15(25)10-13)14-5-2-7-16(26)11-14/h1-12H. The van der Waals surface area contributed by atoms with Crippen LogP contribution in [0.2, 0.25) is 5.02 Å². The molecule has 0 fully saturated rings. The number of hydrogen-bond donors (Lipinski definition) is 0. The van der Waals surface area contributed by atoms with Crippen LogP contribution in [0.1, 0.15) is 0 Å². The van der Waals surface area contributed by atoms with Crippen molar-refractivity contribution in [2.24, 2.45) is 0 Å². The Hall–Kier alpha value is -1.89. The maximum atomic E-state index is 13.9. The van der Waals surface area contributed by atoms with E-state index >= 15 is 0 Å². The minimum atomic E-state index is -0.558. The Morgan fingerprint density at radius 2 is 1.64 bits per heavy atom. The summed E-state index contributed by atoms with van der Waals surface area (Å²) in [6.45, 7) is -0.558. The van der Waals surface area contributed by atoms with E-state index in [9.17, 15) is 4.39 Å². The van der Waals surface area contributed by atoms with Gasteiger partial charge in [-0.1, -0.05) is 57.9 Å². The van der Waals surface area contributed by atoms with E-state index in [1.54, 1.807) is 18.3 Å².